The number of hydrogen-bond donors (Lipinski definition) is 0. The van der Waals surface area contributed by atoms with Crippen LogP contribution < -0.4 is 9.47 Å². The van der Waals surface area contributed by atoms with E-state index in [0.29, 0.717) is 6.54 Å². The molecule has 0 unspecified atom stereocenters. The van der Waals surface area contributed by atoms with Gasteiger partial charge in [-0.15, -0.1) is 0 Å². The predicted octanol–water partition coefficient (Wildman–Crippen LogP) is 7.77. The Morgan fingerprint density at radius 3 is 2.52 bits per heavy atom. The van der Waals surface area contributed by atoms with Gasteiger partial charge in [0.25, 0.3) is 5.01 Å². The van der Waals surface area contributed by atoms with Crippen LogP contribution in [0.2, 0.25) is 0 Å². The van der Waals surface area contributed by atoms with Crippen molar-refractivity contribution >= 4 is 66.0 Å². The van der Waals surface area contributed by atoms with Crippen molar-refractivity contribution in [1.82, 2.24) is 0 Å². The van der Waals surface area contributed by atoms with Crippen molar-refractivity contribution in [3.05, 3.63) is 118 Å². The topological polar surface area (TPSA) is 64.3 Å². The van der Waals surface area contributed by atoms with Gasteiger partial charge in [-0.2, -0.15) is 4.57 Å². The highest BCUT2D eigenvalue weighted by Gasteiger charge is 2.25. The number of aromatic nitrogens is 1. The summed E-state index contributed by atoms with van der Waals surface area (Å²) >= 11 is 3.51. The fourth-order valence-electron chi connectivity index (χ4n) is 5.53. The van der Waals surface area contributed by atoms with Crippen LogP contribution in [-0.2, 0) is 23.1 Å². The fraction of sp³-hybridized carbons (Fsp3) is 0.206. The minimum atomic E-state index is -4.29. The summed E-state index contributed by atoms with van der Waals surface area (Å²) in [6.45, 7) is 3.50. The number of benzene rings is 4. The molecule has 6 rings (SSSR count). The van der Waals surface area contributed by atoms with Gasteiger partial charge in [-0.1, -0.05) is 89.8 Å². The summed E-state index contributed by atoms with van der Waals surface area (Å²) in [5.41, 5.74) is 4.81. The Morgan fingerprint density at radius 2 is 1.71 bits per heavy atom. The number of aryl methyl sites for hydroxylation is 2. The Balaban J connectivity index is 1.46. The predicted molar refractivity (Wildman–Crippen MR) is 175 cm³/mol. The van der Waals surface area contributed by atoms with E-state index in [4.69, 9.17) is 0 Å². The smallest absolute Gasteiger partial charge is 0.263 e. The molecule has 0 fully saturated rings. The van der Waals surface area contributed by atoms with Gasteiger partial charge in [0, 0.05) is 29.7 Å². The molecule has 214 valence electrons. The maximum atomic E-state index is 11.5. The Morgan fingerprint density at radius 1 is 0.952 bits per heavy atom. The highest BCUT2D eigenvalue weighted by Crippen LogP contribution is 2.46. The summed E-state index contributed by atoms with van der Waals surface area (Å²) in [7, 11) is -4.29. The zero-order valence-electron chi connectivity index (χ0n) is 23.4. The van der Waals surface area contributed by atoms with Crippen molar-refractivity contribution < 1.29 is 17.5 Å². The molecule has 0 saturated heterocycles. The van der Waals surface area contributed by atoms with Gasteiger partial charge in [-0.3, -0.25) is 0 Å². The number of rotatable bonds is 10. The first-order valence-electron chi connectivity index (χ1n) is 14.2. The van der Waals surface area contributed by atoms with E-state index in [2.05, 4.69) is 101 Å². The average molecular weight is 613 g/mol. The third kappa shape index (κ3) is 6.32. The standard InChI is InChI=1S/C34H32N2O3S3/c1-2-35-29-15-8-9-16-30(29)40-32(35)23-26(18-17-25-11-4-3-5-12-25)24-33-36(21-10-22-42(37,38)39)34-28-14-7-6-13-27(28)19-20-31(34)41-33/h3-9,11-16,19-20,23-24H,2,10,17-18,21-22H2,1H3. The van der Waals surface area contributed by atoms with E-state index in [0.717, 1.165) is 45.4 Å². The summed E-state index contributed by atoms with van der Waals surface area (Å²) in [6, 6.07) is 31.6. The van der Waals surface area contributed by atoms with E-state index in [1.807, 2.05) is 18.2 Å². The largest absolute Gasteiger partial charge is 0.748 e. The molecule has 0 N–H and O–H groups in total. The summed E-state index contributed by atoms with van der Waals surface area (Å²) in [5.74, 6) is -0.378. The van der Waals surface area contributed by atoms with Gasteiger partial charge in [0.1, 0.15) is 4.70 Å². The molecular formula is C34H32N2O3S3. The summed E-state index contributed by atoms with van der Waals surface area (Å²) in [4.78, 5) is 3.62. The molecule has 0 amide bonds. The van der Waals surface area contributed by atoms with Gasteiger partial charge >= 0.3 is 0 Å². The lowest BCUT2D eigenvalue weighted by atomic mass is 10.0. The number of allylic oxidation sites excluding steroid dienone is 2. The van der Waals surface area contributed by atoms with E-state index in [9.17, 15) is 13.0 Å². The van der Waals surface area contributed by atoms with Gasteiger partial charge in [-0.25, -0.2) is 8.42 Å². The van der Waals surface area contributed by atoms with E-state index < -0.39 is 10.1 Å². The quantitative estimate of drug-likeness (QED) is 0.119. The van der Waals surface area contributed by atoms with E-state index in [1.165, 1.54) is 26.7 Å². The SMILES string of the molecule is CCN1/C(=C/C(=C/c2sc3ccc4ccccc4c3[n+]2CCCS(=O)(=O)[O-])CCc2ccccc2)Sc2ccccc21. The van der Waals surface area contributed by atoms with Crippen LogP contribution >= 0.6 is 23.1 Å². The molecule has 2 heterocycles. The van der Waals surface area contributed by atoms with Crippen LogP contribution in [0.25, 0.3) is 27.1 Å². The maximum Gasteiger partial charge on any atom is 0.263 e. The van der Waals surface area contributed by atoms with Crippen LogP contribution in [0.1, 0.15) is 30.3 Å². The molecule has 42 heavy (non-hydrogen) atoms. The number of fused-ring (bicyclic) bond motifs is 4. The molecule has 1 aromatic heterocycles. The zero-order chi connectivity index (χ0) is 29.1. The van der Waals surface area contributed by atoms with Gasteiger partial charge in [0.15, 0.2) is 6.54 Å². The molecule has 0 radical (unpaired) electrons. The molecule has 0 bridgehead atoms. The molecule has 5 nitrogen and oxygen atoms in total. The lowest BCUT2D eigenvalue weighted by Crippen LogP contribution is -2.36. The monoisotopic (exact) mass is 612 g/mol. The number of para-hydroxylation sites is 1. The normalized spacial score (nSPS) is 14.8. The third-order valence-corrected chi connectivity index (χ3v) is 10.5. The Labute approximate surface area is 255 Å². The van der Waals surface area contributed by atoms with Gasteiger partial charge in [-0.05, 0) is 66.6 Å². The third-order valence-electron chi connectivity index (χ3n) is 7.51. The van der Waals surface area contributed by atoms with Gasteiger partial charge in [0.2, 0.25) is 5.52 Å². The minimum Gasteiger partial charge on any atom is -0.748 e. The van der Waals surface area contributed by atoms with E-state index in [1.54, 1.807) is 23.1 Å². The first-order chi connectivity index (χ1) is 20.4. The molecule has 0 saturated carbocycles. The maximum absolute atomic E-state index is 11.5. The number of thioether (sulfide) groups is 1. The first kappa shape index (κ1) is 28.7. The van der Waals surface area contributed by atoms with Crippen LogP contribution in [0, 0.1) is 0 Å². The van der Waals surface area contributed by atoms with Crippen molar-refractivity contribution in [3.63, 3.8) is 0 Å². The minimum absolute atomic E-state index is 0.265. The molecule has 4 aromatic carbocycles. The number of anilines is 1. The molecule has 8 heteroatoms. The lowest BCUT2D eigenvalue weighted by Gasteiger charge is -2.18. The highest BCUT2D eigenvalue weighted by molar-refractivity contribution is 8.03. The molecule has 0 aliphatic carbocycles. The van der Waals surface area contributed by atoms with Crippen molar-refractivity contribution in [2.75, 3.05) is 17.2 Å². The Hall–Kier alpha value is -3.43. The molecular weight excluding hydrogens is 581 g/mol. The molecule has 0 spiro atoms. The van der Waals surface area contributed by atoms with Crippen LogP contribution in [-0.4, -0.2) is 25.3 Å². The van der Waals surface area contributed by atoms with Gasteiger partial charge < -0.3 is 9.45 Å². The summed E-state index contributed by atoms with van der Waals surface area (Å²) in [5, 5.41) is 4.51. The number of thiazole rings is 1. The first-order valence-corrected chi connectivity index (χ1v) is 17.4. The van der Waals surface area contributed by atoms with Crippen LogP contribution in [0.4, 0.5) is 5.69 Å². The van der Waals surface area contributed by atoms with Crippen LogP contribution in [0.5, 0.6) is 0 Å². The second kappa shape index (κ2) is 12.4. The fourth-order valence-corrected chi connectivity index (χ4v) is 8.39. The Kier molecular flexibility index (Phi) is 8.49. The zero-order valence-corrected chi connectivity index (χ0v) is 25.9. The molecule has 1 aliphatic rings. The van der Waals surface area contributed by atoms with Crippen molar-refractivity contribution in [1.29, 1.82) is 0 Å². The van der Waals surface area contributed by atoms with Crippen molar-refractivity contribution in [2.24, 2.45) is 0 Å². The molecule has 1 aliphatic heterocycles. The number of nitrogens with zero attached hydrogens (tertiary/aromatic N) is 2. The summed E-state index contributed by atoms with van der Waals surface area (Å²) < 4.78 is 37.8. The van der Waals surface area contributed by atoms with E-state index in [-0.39, 0.29) is 12.2 Å². The molecule has 0 atom stereocenters. The van der Waals surface area contributed by atoms with Crippen LogP contribution in [0.3, 0.4) is 0 Å². The number of hydrogen-bond acceptors (Lipinski definition) is 6. The van der Waals surface area contributed by atoms with Crippen LogP contribution in [0.15, 0.2) is 113 Å². The second-order valence-corrected chi connectivity index (χ2v) is 14.0. The lowest BCUT2D eigenvalue weighted by molar-refractivity contribution is -0.667. The molecule has 5 aromatic rings. The summed E-state index contributed by atoms with van der Waals surface area (Å²) in [6.07, 6.45) is 6.60. The Bertz CT molecular complexity index is 1910. The van der Waals surface area contributed by atoms with Gasteiger partial charge in [0.05, 0.1) is 26.2 Å². The highest BCUT2D eigenvalue weighted by atomic mass is 32.2. The van der Waals surface area contributed by atoms with Crippen molar-refractivity contribution in [3.8, 4) is 0 Å². The second-order valence-electron chi connectivity index (χ2n) is 10.3. The average Bonchev–Trinajstić information content (AvgIpc) is 3.53. The van der Waals surface area contributed by atoms with Crippen molar-refractivity contribution in [2.45, 2.75) is 37.6 Å². The van der Waals surface area contributed by atoms with E-state index >= 15 is 0 Å².